The molecule has 0 saturated heterocycles. The van der Waals surface area contributed by atoms with Gasteiger partial charge in [0.2, 0.25) is 0 Å². The molecule has 0 unspecified atom stereocenters. The fourth-order valence-electron chi connectivity index (χ4n) is 8.85. The summed E-state index contributed by atoms with van der Waals surface area (Å²) in [4.78, 5) is 10.2. The van der Waals surface area contributed by atoms with E-state index in [-0.39, 0.29) is 0 Å². The number of aromatic amines is 2. The van der Waals surface area contributed by atoms with Crippen molar-refractivity contribution in [2.75, 3.05) is 4.90 Å². The Hall–Kier alpha value is -7.62. The predicted octanol–water partition coefficient (Wildman–Crippen LogP) is 15.1. The summed E-state index contributed by atoms with van der Waals surface area (Å²) in [7, 11) is 0. The number of hydrogen-bond donors (Lipinski definition) is 2. The van der Waals surface area contributed by atoms with E-state index in [2.05, 4.69) is 227 Å². The second-order valence-corrected chi connectivity index (χ2v) is 14.6. The topological polar surface area (TPSA) is 34.8 Å². The molecular formula is C54H37N3. The number of fused-ring (bicyclic) bond motifs is 6. The van der Waals surface area contributed by atoms with Gasteiger partial charge in [0.15, 0.2) is 0 Å². The van der Waals surface area contributed by atoms with Gasteiger partial charge in [-0.05, 0) is 35.4 Å². The number of H-pyrrole nitrogens is 2. The maximum absolute atomic E-state index is 3.83. The Kier molecular flexibility index (Phi) is 7.82. The van der Waals surface area contributed by atoms with E-state index in [0.29, 0.717) is 0 Å². The largest absolute Gasteiger partial charge is 0.354 e. The summed E-state index contributed by atoms with van der Waals surface area (Å²) in [6.45, 7) is 0. The quantitative estimate of drug-likeness (QED) is 0.168. The highest BCUT2D eigenvalue weighted by atomic mass is 15.2. The zero-order valence-electron chi connectivity index (χ0n) is 31.2. The molecule has 9 aromatic carbocycles. The maximum Gasteiger partial charge on any atom is 0.0619 e. The first-order chi connectivity index (χ1) is 28.3. The average Bonchev–Trinajstić information content (AvgIpc) is 3.87. The first-order valence-corrected chi connectivity index (χ1v) is 19.5. The van der Waals surface area contributed by atoms with Gasteiger partial charge in [-0.1, -0.05) is 188 Å². The van der Waals surface area contributed by atoms with E-state index in [0.717, 1.165) is 83.6 Å². The van der Waals surface area contributed by atoms with Crippen LogP contribution < -0.4 is 4.90 Å². The van der Waals surface area contributed by atoms with Crippen LogP contribution in [0.25, 0.3) is 88.1 Å². The number of nitrogens with one attached hydrogen (secondary N) is 2. The number of rotatable bonds is 7. The van der Waals surface area contributed by atoms with Gasteiger partial charge < -0.3 is 14.9 Å². The molecule has 0 aliphatic carbocycles. The van der Waals surface area contributed by atoms with Crippen molar-refractivity contribution in [1.82, 2.24) is 9.97 Å². The molecule has 0 spiro atoms. The first-order valence-electron chi connectivity index (χ1n) is 19.5. The van der Waals surface area contributed by atoms with Crippen molar-refractivity contribution in [3.63, 3.8) is 0 Å². The summed E-state index contributed by atoms with van der Waals surface area (Å²) in [5, 5.41) is 4.86. The molecule has 268 valence electrons. The molecule has 0 atom stereocenters. The molecule has 57 heavy (non-hydrogen) atoms. The number of benzene rings is 9. The van der Waals surface area contributed by atoms with Crippen molar-refractivity contribution < 1.29 is 0 Å². The van der Waals surface area contributed by atoms with E-state index < -0.39 is 0 Å². The molecule has 0 aliphatic heterocycles. The highest BCUT2D eigenvalue weighted by Gasteiger charge is 2.28. The summed E-state index contributed by atoms with van der Waals surface area (Å²) in [6.07, 6.45) is 0. The van der Waals surface area contributed by atoms with Crippen LogP contribution >= 0.6 is 0 Å². The molecule has 3 heteroatoms. The first kappa shape index (κ1) is 32.8. The van der Waals surface area contributed by atoms with Gasteiger partial charge in [0.05, 0.1) is 22.4 Å². The average molecular weight is 728 g/mol. The Balaban J connectivity index is 1.30. The molecule has 0 amide bonds. The maximum atomic E-state index is 3.83. The molecule has 3 nitrogen and oxygen atoms in total. The minimum absolute atomic E-state index is 1.07. The van der Waals surface area contributed by atoms with E-state index in [9.17, 15) is 0 Å². The SMILES string of the molecule is c1ccc(-c2cccc(-c3cccc4c3[nH]c3ccccc34)c2N(c2ccccc2)c2c(-c3ccccc3)cccc2-c2cccc3c2[nH]c2ccccc23)cc1. The van der Waals surface area contributed by atoms with Gasteiger partial charge in [0.1, 0.15) is 0 Å². The third-order valence-electron chi connectivity index (χ3n) is 11.4. The zero-order valence-corrected chi connectivity index (χ0v) is 31.2. The van der Waals surface area contributed by atoms with E-state index in [1.165, 1.54) is 21.5 Å². The normalized spacial score (nSPS) is 11.5. The Morgan fingerprint density at radius 2 is 0.614 bits per heavy atom. The summed E-state index contributed by atoms with van der Waals surface area (Å²) >= 11 is 0. The monoisotopic (exact) mass is 727 g/mol. The van der Waals surface area contributed by atoms with Crippen LogP contribution in [-0.4, -0.2) is 9.97 Å². The lowest BCUT2D eigenvalue weighted by molar-refractivity contribution is 1.28. The molecule has 0 bridgehead atoms. The van der Waals surface area contributed by atoms with Crippen LogP contribution in [0.3, 0.4) is 0 Å². The molecule has 0 saturated carbocycles. The smallest absolute Gasteiger partial charge is 0.0619 e. The lowest BCUT2D eigenvalue weighted by Gasteiger charge is -2.34. The van der Waals surface area contributed by atoms with Gasteiger partial charge in [0.25, 0.3) is 0 Å². The minimum atomic E-state index is 1.07. The molecular weight excluding hydrogens is 691 g/mol. The second kappa shape index (κ2) is 13.6. The summed E-state index contributed by atoms with van der Waals surface area (Å²) in [5.74, 6) is 0. The lowest BCUT2D eigenvalue weighted by Crippen LogP contribution is -2.15. The number of para-hydroxylation sites is 7. The lowest BCUT2D eigenvalue weighted by atomic mass is 9.90. The highest BCUT2D eigenvalue weighted by molar-refractivity contribution is 6.16. The molecule has 2 heterocycles. The van der Waals surface area contributed by atoms with E-state index in [4.69, 9.17) is 0 Å². The van der Waals surface area contributed by atoms with Crippen LogP contribution in [0.1, 0.15) is 0 Å². The van der Waals surface area contributed by atoms with Gasteiger partial charge in [-0.2, -0.15) is 0 Å². The van der Waals surface area contributed by atoms with Crippen LogP contribution in [0.15, 0.2) is 212 Å². The van der Waals surface area contributed by atoms with E-state index in [1.807, 2.05) is 0 Å². The van der Waals surface area contributed by atoms with E-state index >= 15 is 0 Å². The predicted molar refractivity (Wildman–Crippen MR) is 242 cm³/mol. The van der Waals surface area contributed by atoms with Crippen LogP contribution in [-0.2, 0) is 0 Å². The second-order valence-electron chi connectivity index (χ2n) is 14.6. The molecule has 2 N–H and O–H groups in total. The van der Waals surface area contributed by atoms with Crippen molar-refractivity contribution in [2.45, 2.75) is 0 Å². The number of aromatic nitrogens is 2. The van der Waals surface area contributed by atoms with Crippen molar-refractivity contribution in [1.29, 1.82) is 0 Å². The van der Waals surface area contributed by atoms with Crippen molar-refractivity contribution in [3.05, 3.63) is 212 Å². The molecule has 0 fully saturated rings. The number of hydrogen-bond acceptors (Lipinski definition) is 1. The molecule has 11 rings (SSSR count). The van der Waals surface area contributed by atoms with Gasteiger partial charge in [-0.25, -0.2) is 0 Å². The molecule has 0 radical (unpaired) electrons. The Bertz CT molecular complexity index is 3030. The zero-order chi connectivity index (χ0) is 37.7. The minimum Gasteiger partial charge on any atom is -0.354 e. The van der Waals surface area contributed by atoms with Crippen molar-refractivity contribution >= 4 is 60.7 Å². The van der Waals surface area contributed by atoms with Gasteiger partial charge in [-0.3, -0.25) is 0 Å². The van der Waals surface area contributed by atoms with Crippen LogP contribution in [0.5, 0.6) is 0 Å². The Labute approximate surface area is 331 Å². The van der Waals surface area contributed by atoms with Gasteiger partial charge in [-0.15, -0.1) is 0 Å². The fraction of sp³-hybridized carbons (Fsp3) is 0. The number of nitrogens with zero attached hydrogens (tertiary/aromatic N) is 1. The third kappa shape index (κ3) is 5.43. The van der Waals surface area contributed by atoms with Crippen LogP contribution in [0, 0.1) is 0 Å². The van der Waals surface area contributed by atoms with Crippen molar-refractivity contribution in [2.24, 2.45) is 0 Å². The molecule has 0 aliphatic rings. The highest BCUT2D eigenvalue weighted by Crippen LogP contribution is 2.53. The summed E-state index contributed by atoms with van der Waals surface area (Å²) in [5.41, 5.74) is 16.9. The third-order valence-corrected chi connectivity index (χ3v) is 11.4. The van der Waals surface area contributed by atoms with Gasteiger partial charge in [0, 0.05) is 71.6 Å². The van der Waals surface area contributed by atoms with E-state index in [1.54, 1.807) is 0 Å². The Morgan fingerprint density at radius 3 is 1.09 bits per heavy atom. The summed E-state index contributed by atoms with van der Waals surface area (Å²) < 4.78 is 0. The number of anilines is 3. The van der Waals surface area contributed by atoms with Gasteiger partial charge >= 0.3 is 0 Å². The fourth-order valence-corrected chi connectivity index (χ4v) is 8.85. The molecule has 2 aromatic heterocycles. The van der Waals surface area contributed by atoms with Crippen molar-refractivity contribution in [3.8, 4) is 44.5 Å². The molecule has 11 aromatic rings. The van der Waals surface area contributed by atoms with Crippen LogP contribution in [0.2, 0.25) is 0 Å². The standard InChI is InChI=1S/C54H37N3/c1-4-18-36(19-5-1)39-26-14-32-47(45-30-16-28-43-41-24-10-12-34-49(41)55-51(43)45)53(39)57(38-22-8-3-9-23-38)54-40(37-20-6-2-7-21-37)27-15-33-48(54)46-31-17-29-44-42-25-11-13-35-50(42)56-52(44)46/h1-35,55-56H. The van der Waals surface area contributed by atoms with Crippen LogP contribution in [0.4, 0.5) is 17.1 Å². The Morgan fingerprint density at radius 1 is 0.263 bits per heavy atom. The summed E-state index contributed by atoms with van der Waals surface area (Å²) in [6, 6.07) is 76.7.